The van der Waals surface area contributed by atoms with Gasteiger partial charge >= 0.3 is 5.97 Å². The van der Waals surface area contributed by atoms with Crippen molar-refractivity contribution in [2.24, 2.45) is 5.73 Å². The van der Waals surface area contributed by atoms with Crippen molar-refractivity contribution in [3.05, 3.63) is 17.1 Å². The van der Waals surface area contributed by atoms with Crippen molar-refractivity contribution in [2.75, 3.05) is 0 Å². The summed E-state index contributed by atoms with van der Waals surface area (Å²) in [5.74, 6) is -0.984. The van der Waals surface area contributed by atoms with Crippen LogP contribution in [0.2, 0.25) is 0 Å². The third-order valence-corrected chi connectivity index (χ3v) is 3.60. The number of nitrogens with two attached hydrogens (primary N) is 1. The first kappa shape index (κ1) is 15.4. The molecule has 19 heavy (non-hydrogen) atoms. The molecule has 1 aromatic rings. The SMILES string of the molecule is Cc1nc(C(C)C)nc(SC(C)C(N)=O)c1C(=O)O. The van der Waals surface area contributed by atoms with E-state index in [9.17, 15) is 14.7 Å². The van der Waals surface area contributed by atoms with Crippen LogP contribution < -0.4 is 5.73 Å². The molecule has 0 saturated carbocycles. The highest BCUT2D eigenvalue weighted by Gasteiger charge is 2.22. The van der Waals surface area contributed by atoms with E-state index in [1.54, 1.807) is 13.8 Å². The summed E-state index contributed by atoms with van der Waals surface area (Å²) in [6.07, 6.45) is 0. The minimum Gasteiger partial charge on any atom is -0.478 e. The molecule has 0 spiro atoms. The molecule has 1 heterocycles. The Morgan fingerprint density at radius 1 is 1.26 bits per heavy atom. The Morgan fingerprint density at radius 2 is 1.84 bits per heavy atom. The van der Waals surface area contributed by atoms with Crippen molar-refractivity contribution in [2.45, 2.75) is 43.9 Å². The van der Waals surface area contributed by atoms with E-state index >= 15 is 0 Å². The van der Waals surface area contributed by atoms with Crippen LogP contribution in [0.15, 0.2) is 5.03 Å². The summed E-state index contributed by atoms with van der Waals surface area (Å²) in [7, 11) is 0. The predicted molar refractivity (Wildman–Crippen MR) is 72.3 cm³/mol. The number of nitrogens with zero attached hydrogens (tertiary/aromatic N) is 2. The average Bonchev–Trinajstić information content (AvgIpc) is 2.27. The number of carbonyl (C=O) groups is 2. The molecule has 0 aliphatic carbocycles. The van der Waals surface area contributed by atoms with Gasteiger partial charge in [-0.1, -0.05) is 25.6 Å². The lowest BCUT2D eigenvalue weighted by atomic mass is 10.2. The van der Waals surface area contributed by atoms with E-state index in [1.807, 2.05) is 13.8 Å². The number of aromatic carboxylic acids is 1. The van der Waals surface area contributed by atoms with Crippen molar-refractivity contribution in [1.29, 1.82) is 0 Å². The van der Waals surface area contributed by atoms with Crippen LogP contribution in [0, 0.1) is 6.92 Å². The van der Waals surface area contributed by atoms with Crippen LogP contribution in [0.1, 0.15) is 48.6 Å². The highest BCUT2D eigenvalue weighted by Crippen LogP contribution is 2.28. The summed E-state index contributed by atoms with van der Waals surface area (Å²) in [6.45, 7) is 7.07. The Balaban J connectivity index is 3.32. The topological polar surface area (TPSA) is 106 Å². The van der Waals surface area contributed by atoms with Crippen LogP contribution in [0.4, 0.5) is 0 Å². The van der Waals surface area contributed by atoms with Crippen molar-refractivity contribution >= 4 is 23.6 Å². The molecule has 0 aliphatic rings. The second-order valence-corrected chi connectivity index (χ2v) is 5.80. The molecule has 0 saturated heterocycles. The van der Waals surface area contributed by atoms with Gasteiger partial charge in [-0.25, -0.2) is 14.8 Å². The summed E-state index contributed by atoms with van der Waals surface area (Å²) in [5.41, 5.74) is 5.62. The highest BCUT2D eigenvalue weighted by atomic mass is 32.2. The van der Waals surface area contributed by atoms with Gasteiger partial charge in [-0.05, 0) is 13.8 Å². The molecule has 1 amide bonds. The van der Waals surface area contributed by atoms with Crippen LogP contribution in [0.25, 0.3) is 0 Å². The predicted octanol–water partition coefficient (Wildman–Crippen LogP) is 1.57. The van der Waals surface area contributed by atoms with Crippen LogP contribution >= 0.6 is 11.8 Å². The average molecular weight is 283 g/mol. The van der Waals surface area contributed by atoms with Crippen molar-refractivity contribution in [1.82, 2.24) is 9.97 Å². The molecule has 104 valence electrons. The molecule has 0 fully saturated rings. The van der Waals surface area contributed by atoms with Gasteiger partial charge in [0.25, 0.3) is 0 Å². The number of carbonyl (C=O) groups excluding carboxylic acids is 1. The smallest absolute Gasteiger partial charge is 0.340 e. The first-order chi connectivity index (χ1) is 8.73. The molecule has 6 nitrogen and oxygen atoms in total. The van der Waals surface area contributed by atoms with E-state index in [0.717, 1.165) is 11.8 Å². The number of carboxylic acid groups (broad SMARTS) is 1. The van der Waals surface area contributed by atoms with E-state index < -0.39 is 17.1 Å². The van der Waals surface area contributed by atoms with Crippen LogP contribution in [-0.4, -0.2) is 32.2 Å². The van der Waals surface area contributed by atoms with Crippen LogP contribution in [-0.2, 0) is 4.79 Å². The minimum absolute atomic E-state index is 0.0301. The molecule has 7 heteroatoms. The zero-order chi connectivity index (χ0) is 14.7. The number of primary amides is 1. The third-order valence-electron chi connectivity index (χ3n) is 2.49. The second-order valence-electron chi connectivity index (χ2n) is 4.47. The fourth-order valence-corrected chi connectivity index (χ4v) is 2.33. The number of aryl methyl sites for hydroxylation is 1. The summed E-state index contributed by atoms with van der Waals surface area (Å²) in [6, 6.07) is 0. The van der Waals surface area contributed by atoms with Gasteiger partial charge in [0.05, 0.1) is 10.9 Å². The van der Waals surface area contributed by atoms with Gasteiger partial charge < -0.3 is 10.8 Å². The van der Waals surface area contributed by atoms with Crippen molar-refractivity contribution in [3.63, 3.8) is 0 Å². The molecule has 0 aliphatic heterocycles. The quantitative estimate of drug-likeness (QED) is 0.627. The molecule has 1 aromatic heterocycles. The number of carboxylic acids is 1. The van der Waals surface area contributed by atoms with Gasteiger partial charge in [0.15, 0.2) is 0 Å². The first-order valence-corrected chi connectivity index (χ1v) is 6.69. The molecular weight excluding hydrogens is 266 g/mol. The number of amides is 1. The summed E-state index contributed by atoms with van der Waals surface area (Å²) < 4.78 is 0. The van der Waals surface area contributed by atoms with Gasteiger partial charge in [0.2, 0.25) is 5.91 Å². The van der Waals surface area contributed by atoms with Gasteiger partial charge in [-0.2, -0.15) is 0 Å². The molecule has 1 unspecified atom stereocenters. The Kier molecular flexibility index (Phi) is 4.88. The van der Waals surface area contributed by atoms with Crippen LogP contribution in [0.3, 0.4) is 0 Å². The maximum absolute atomic E-state index is 11.3. The first-order valence-electron chi connectivity index (χ1n) is 5.81. The van der Waals surface area contributed by atoms with E-state index in [1.165, 1.54) is 0 Å². The molecule has 0 radical (unpaired) electrons. The Morgan fingerprint density at radius 3 is 2.26 bits per heavy atom. The third kappa shape index (κ3) is 3.66. The number of hydrogen-bond donors (Lipinski definition) is 2. The van der Waals surface area contributed by atoms with E-state index in [2.05, 4.69) is 9.97 Å². The standard InChI is InChI=1S/C12H17N3O3S/c1-5(2)10-14-6(3)8(12(17)18)11(15-10)19-7(4)9(13)16/h5,7H,1-4H3,(H2,13,16)(H,17,18). The molecule has 0 aromatic carbocycles. The molecule has 1 atom stereocenters. The zero-order valence-corrected chi connectivity index (χ0v) is 12.1. The van der Waals surface area contributed by atoms with Crippen molar-refractivity contribution in [3.8, 4) is 0 Å². The van der Waals surface area contributed by atoms with Crippen LogP contribution in [0.5, 0.6) is 0 Å². The number of aromatic nitrogens is 2. The molecule has 3 N–H and O–H groups in total. The lowest BCUT2D eigenvalue weighted by Gasteiger charge is -2.13. The molecule has 0 bridgehead atoms. The van der Waals surface area contributed by atoms with Crippen molar-refractivity contribution < 1.29 is 14.7 Å². The fraction of sp³-hybridized carbons (Fsp3) is 0.500. The van der Waals surface area contributed by atoms with E-state index in [4.69, 9.17) is 5.73 Å². The number of rotatable bonds is 5. The van der Waals surface area contributed by atoms with Gasteiger partial charge in [-0.15, -0.1) is 0 Å². The maximum atomic E-state index is 11.3. The summed E-state index contributed by atoms with van der Waals surface area (Å²) in [4.78, 5) is 30.8. The Labute approximate surface area is 115 Å². The highest BCUT2D eigenvalue weighted by molar-refractivity contribution is 8.00. The van der Waals surface area contributed by atoms with E-state index in [0.29, 0.717) is 11.5 Å². The summed E-state index contributed by atoms with van der Waals surface area (Å²) in [5, 5.41) is 8.96. The Hall–Kier alpha value is -1.63. The maximum Gasteiger partial charge on any atom is 0.340 e. The largest absolute Gasteiger partial charge is 0.478 e. The number of thioether (sulfide) groups is 1. The molecular formula is C12H17N3O3S. The fourth-order valence-electron chi connectivity index (χ4n) is 1.38. The second kappa shape index (κ2) is 6.01. The van der Waals surface area contributed by atoms with Gasteiger partial charge in [-0.3, -0.25) is 4.79 Å². The zero-order valence-electron chi connectivity index (χ0n) is 11.3. The Bertz CT molecular complexity index is 517. The van der Waals surface area contributed by atoms with E-state index in [-0.39, 0.29) is 16.5 Å². The van der Waals surface area contributed by atoms with Gasteiger partial charge in [0, 0.05) is 5.92 Å². The molecule has 1 rings (SSSR count). The number of hydrogen-bond acceptors (Lipinski definition) is 5. The minimum atomic E-state index is -1.10. The normalized spacial score (nSPS) is 12.5. The lowest BCUT2D eigenvalue weighted by molar-refractivity contribution is -0.117. The lowest BCUT2D eigenvalue weighted by Crippen LogP contribution is -2.23. The summed E-state index contributed by atoms with van der Waals surface area (Å²) >= 11 is 1.05. The van der Waals surface area contributed by atoms with Gasteiger partial charge in [0.1, 0.15) is 16.4 Å². The monoisotopic (exact) mass is 283 g/mol.